The van der Waals surface area contributed by atoms with E-state index in [0.29, 0.717) is 24.3 Å². The quantitative estimate of drug-likeness (QED) is 0.760. The molecule has 0 aliphatic heterocycles. The molecule has 0 atom stereocenters. The first kappa shape index (κ1) is 19.6. The van der Waals surface area contributed by atoms with Crippen molar-refractivity contribution < 1.29 is 13.2 Å². The summed E-state index contributed by atoms with van der Waals surface area (Å²) in [5, 5.41) is 2.80. The van der Waals surface area contributed by atoms with Gasteiger partial charge in [0.25, 0.3) is 5.91 Å². The van der Waals surface area contributed by atoms with Crippen LogP contribution < -0.4 is 5.32 Å². The molecule has 1 N–H and O–H groups in total. The number of hydrogen-bond acceptors (Lipinski definition) is 3. The van der Waals surface area contributed by atoms with E-state index >= 15 is 0 Å². The van der Waals surface area contributed by atoms with Crippen molar-refractivity contribution in [3.05, 3.63) is 58.1 Å². The van der Waals surface area contributed by atoms with Gasteiger partial charge in [-0.15, -0.1) is 0 Å². The van der Waals surface area contributed by atoms with Gasteiger partial charge >= 0.3 is 0 Å². The highest BCUT2D eigenvalue weighted by Gasteiger charge is 2.22. The summed E-state index contributed by atoms with van der Waals surface area (Å²) in [6, 6.07) is 11.7. The van der Waals surface area contributed by atoms with E-state index in [9.17, 15) is 13.2 Å². The zero-order chi connectivity index (χ0) is 18.6. The van der Waals surface area contributed by atoms with Crippen LogP contribution in [0.3, 0.4) is 0 Å². The first-order valence-corrected chi connectivity index (χ1v) is 10.2. The van der Waals surface area contributed by atoms with Gasteiger partial charge in [0.2, 0.25) is 10.0 Å². The molecule has 0 aromatic heterocycles. The largest absolute Gasteiger partial charge is 0.321 e. The van der Waals surface area contributed by atoms with E-state index in [1.807, 2.05) is 19.1 Å². The van der Waals surface area contributed by atoms with Crippen LogP contribution >= 0.6 is 15.9 Å². The number of sulfonamides is 1. The molecule has 0 saturated carbocycles. The van der Waals surface area contributed by atoms with E-state index in [4.69, 9.17) is 0 Å². The molecule has 1 amide bonds. The minimum atomic E-state index is -3.60. The third kappa shape index (κ3) is 4.48. The van der Waals surface area contributed by atoms with Gasteiger partial charge in [0.05, 0.1) is 10.6 Å². The fourth-order valence-corrected chi connectivity index (χ4v) is 4.52. The maximum Gasteiger partial charge on any atom is 0.255 e. The second-order valence-electron chi connectivity index (χ2n) is 5.55. The van der Waals surface area contributed by atoms with Crippen LogP contribution in [0.4, 0.5) is 5.69 Å². The van der Waals surface area contributed by atoms with Crippen molar-refractivity contribution in [3.63, 3.8) is 0 Å². The molecule has 0 unspecified atom stereocenters. The molecule has 5 nitrogen and oxygen atoms in total. The number of halogens is 1. The van der Waals surface area contributed by atoms with Gasteiger partial charge in [0.1, 0.15) is 0 Å². The van der Waals surface area contributed by atoms with E-state index in [0.717, 1.165) is 10.0 Å². The van der Waals surface area contributed by atoms with Gasteiger partial charge in [-0.2, -0.15) is 4.31 Å². The summed E-state index contributed by atoms with van der Waals surface area (Å²) in [6.07, 6.45) is 0. The van der Waals surface area contributed by atoms with Crippen LogP contribution in [-0.4, -0.2) is 31.7 Å². The number of amides is 1. The smallest absolute Gasteiger partial charge is 0.255 e. The van der Waals surface area contributed by atoms with Gasteiger partial charge in [-0.25, -0.2) is 8.42 Å². The third-order valence-corrected chi connectivity index (χ3v) is 6.51. The number of carbonyl (C=O) groups is 1. The summed E-state index contributed by atoms with van der Waals surface area (Å²) in [7, 11) is -3.60. The number of rotatable bonds is 6. The molecule has 0 spiro atoms. The van der Waals surface area contributed by atoms with E-state index in [1.165, 1.54) is 16.4 Å². The van der Waals surface area contributed by atoms with Gasteiger partial charge in [0, 0.05) is 23.1 Å². The predicted molar refractivity (Wildman–Crippen MR) is 103 cm³/mol. The number of benzene rings is 2. The summed E-state index contributed by atoms with van der Waals surface area (Å²) in [5.74, 6) is -0.360. The third-order valence-electron chi connectivity index (χ3n) is 3.81. The number of carbonyl (C=O) groups excluding carboxylic acids is 1. The Morgan fingerprint density at radius 3 is 2.40 bits per heavy atom. The minimum Gasteiger partial charge on any atom is -0.321 e. The summed E-state index contributed by atoms with van der Waals surface area (Å²) in [6.45, 7) is 6.29. The van der Waals surface area contributed by atoms with Crippen LogP contribution in [0.2, 0.25) is 0 Å². The Morgan fingerprint density at radius 2 is 1.80 bits per heavy atom. The topological polar surface area (TPSA) is 66.5 Å². The van der Waals surface area contributed by atoms with Crippen molar-refractivity contribution in [2.75, 3.05) is 18.4 Å². The van der Waals surface area contributed by atoms with Crippen molar-refractivity contribution in [2.45, 2.75) is 25.7 Å². The van der Waals surface area contributed by atoms with Crippen LogP contribution in [-0.2, 0) is 10.0 Å². The van der Waals surface area contributed by atoms with Crippen molar-refractivity contribution in [2.24, 2.45) is 0 Å². The highest BCUT2D eigenvalue weighted by molar-refractivity contribution is 9.10. The predicted octanol–water partition coefficient (Wildman–Crippen LogP) is 4.04. The van der Waals surface area contributed by atoms with Crippen LogP contribution in [0.1, 0.15) is 29.8 Å². The maximum absolute atomic E-state index is 12.6. The first-order valence-electron chi connectivity index (χ1n) is 7.97. The molecule has 0 heterocycles. The SMILES string of the molecule is CCN(CC)S(=O)(=O)c1cccc(C(=O)Nc2ccc(C)cc2Br)c1. The Morgan fingerprint density at radius 1 is 1.12 bits per heavy atom. The fourth-order valence-electron chi connectivity index (χ4n) is 2.43. The van der Waals surface area contributed by atoms with Crippen molar-refractivity contribution in [1.82, 2.24) is 4.31 Å². The van der Waals surface area contributed by atoms with Gasteiger partial charge < -0.3 is 5.32 Å². The molecule has 0 bridgehead atoms. The number of anilines is 1. The molecule has 0 radical (unpaired) electrons. The maximum atomic E-state index is 12.6. The minimum absolute atomic E-state index is 0.117. The number of aryl methyl sites for hydroxylation is 1. The first-order chi connectivity index (χ1) is 11.8. The monoisotopic (exact) mass is 424 g/mol. The van der Waals surface area contributed by atoms with Gasteiger partial charge in [-0.1, -0.05) is 26.0 Å². The molecule has 0 saturated heterocycles. The molecule has 0 fully saturated rings. The zero-order valence-electron chi connectivity index (χ0n) is 14.4. The normalized spacial score (nSPS) is 11.6. The molecular weight excluding hydrogens is 404 g/mol. The Bertz CT molecular complexity index is 878. The molecule has 0 aliphatic rings. The van der Waals surface area contributed by atoms with E-state index in [1.54, 1.807) is 32.0 Å². The van der Waals surface area contributed by atoms with Crippen LogP contribution in [0, 0.1) is 6.92 Å². The lowest BCUT2D eigenvalue weighted by Gasteiger charge is -2.18. The molecule has 2 rings (SSSR count). The number of hydrogen-bond donors (Lipinski definition) is 1. The second kappa shape index (κ2) is 8.12. The Balaban J connectivity index is 2.30. The molecule has 0 aliphatic carbocycles. The van der Waals surface area contributed by atoms with E-state index < -0.39 is 10.0 Å². The van der Waals surface area contributed by atoms with Crippen LogP contribution in [0.15, 0.2) is 51.8 Å². The number of nitrogens with zero attached hydrogens (tertiary/aromatic N) is 1. The Labute approximate surface area is 157 Å². The fraction of sp³-hybridized carbons (Fsp3) is 0.278. The Kier molecular flexibility index (Phi) is 6.37. The molecule has 2 aromatic rings. The molecular formula is C18H21BrN2O3S. The Hall–Kier alpha value is -1.70. The summed E-state index contributed by atoms with van der Waals surface area (Å²) in [5.41, 5.74) is 1.99. The van der Waals surface area contributed by atoms with E-state index in [2.05, 4.69) is 21.2 Å². The van der Waals surface area contributed by atoms with Gasteiger partial charge in [0.15, 0.2) is 0 Å². The second-order valence-corrected chi connectivity index (χ2v) is 8.35. The summed E-state index contributed by atoms with van der Waals surface area (Å²) in [4.78, 5) is 12.6. The highest BCUT2D eigenvalue weighted by atomic mass is 79.9. The summed E-state index contributed by atoms with van der Waals surface area (Å²) >= 11 is 3.41. The van der Waals surface area contributed by atoms with Gasteiger partial charge in [-0.05, 0) is 58.7 Å². The molecule has 25 heavy (non-hydrogen) atoms. The number of nitrogens with one attached hydrogen (secondary N) is 1. The van der Waals surface area contributed by atoms with Crippen molar-refractivity contribution >= 4 is 37.5 Å². The average Bonchev–Trinajstić information content (AvgIpc) is 2.58. The summed E-state index contributed by atoms with van der Waals surface area (Å²) < 4.78 is 27.3. The lowest BCUT2D eigenvalue weighted by atomic mass is 10.2. The molecule has 2 aromatic carbocycles. The lowest BCUT2D eigenvalue weighted by Crippen LogP contribution is -2.30. The van der Waals surface area contributed by atoms with Crippen molar-refractivity contribution in [1.29, 1.82) is 0 Å². The molecule has 7 heteroatoms. The zero-order valence-corrected chi connectivity index (χ0v) is 16.8. The van der Waals surface area contributed by atoms with E-state index in [-0.39, 0.29) is 10.8 Å². The lowest BCUT2D eigenvalue weighted by molar-refractivity contribution is 0.102. The average molecular weight is 425 g/mol. The standard InChI is InChI=1S/C18H21BrN2O3S/c1-4-21(5-2)25(23,24)15-8-6-7-14(12-15)18(22)20-17-10-9-13(3)11-16(17)19/h6-12H,4-5H2,1-3H3,(H,20,22). The van der Waals surface area contributed by atoms with Crippen molar-refractivity contribution in [3.8, 4) is 0 Å². The van der Waals surface area contributed by atoms with Crippen LogP contribution in [0.25, 0.3) is 0 Å². The van der Waals surface area contributed by atoms with Gasteiger partial charge in [-0.3, -0.25) is 4.79 Å². The molecule has 134 valence electrons. The van der Waals surface area contributed by atoms with Crippen LogP contribution in [0.5, 0.6) is 0 Å². The highest BCUT2D eigenvalue weighted by Crippen LogP contribution is 2.24.